The van der Waals surface area contributed by atoms with Gasteiger partial charge in [-0.25, -0.2) is 13.5 Å². The van der Waals surface area contributed by atoms with Crippen LogP contribution in [-0.2, 0) is 12.0 Å². The lowest BCUT2D eigenvalue weighted by molar-refractivity contribution is 0.143. The average Bonchev–Trinajstić information content (AvgIpc) is 2.76. The predicted molar refractivity (Wildman–Crippen MR) is 67.8 cm³/mol. The molecule has 1 atom stereocenters. The molecule has 0 saturated carbocycles. The lowest BCUT2D eigenvalue weighted by Gasteiger charge is -2.19. The quantitative estimate of drug-likeness (QED) is 0.935. The Kier molecular flexibility index (Phi) is 3.80. The number of hydrogen-bond acceptors (Lipinski definition) is 4. The summed E-state index contributed by atoms with van der Waals surface area (Å²) >= 11 is 0. The molecule has 7 heteroatoms. The van der Waals surface area contributed by atoms with Crippen LogP contribution in [-0.4, -0.2) is 25.3 Å². The SMILES string of the molecule is CC(C)(C)c1nnnn1C[C@@H](O)c1ccc(F)cc1F. The van der Waals surface area contributed by atoms with Crippen molar-refractivity contribution in [2.24, 2.45) is 0 Å². The molecule has 108 valence electrons. The predicted octanol–water partition coefficient (Wildman–Crippen LogP) is 1.98. The highest BCUT2D eigenvalue weighted by molar-refractivity contribution is 5.20. The molecule has 0 aliphatic rings. The van der Waals surface area contributed by atoms with Crippen molar-refractivity contribution < 1.29 is 13.9 Å². The Labute approximate surface area is 115 Å². The molecule has 0 bridgehead atoms. The summed E-state index contributed by atoms with van der Waals surface area (Å²) in [5, 5.41) is 21.3. The summed E-state index contributed by atoms with van der Waals surface area (Å²) in [5.41, 5.74) is -0.286. The maximum absolute atomic E-state index is 13.6. The Bertz CT molecular complexity index is 607. The Morgan fingerprint density at radius 2 is 2.00 bits per heavy atom. The second kappa shape index (κ2) is 5.24. The van der Waals surface area contributed by atoms with E-state index in [1.807, 2.05) is 20.8 Å². The van der Waals surface area contributed by atoms with Gasteiger partial charge in [0.15, 0.2) is 5.82 Å². The maximum atomic E-state index is 13.6. The summed E-state index contributed by atoms with van der Waals surface area (Å²) < 4.78 is 27.9. The molecule has 5 nitrogen and oxygen atoms in total. The van der Waals surface area contributed by atoms with Crippen LogP contribution in [0, 0.1) is 11.6 Å². The van der Waals surface area contributed by atoms with E-state index in [9.17, 15) is 13.9 Å². The van der Waals surface area contributed by atoms with Crippen molar-refractivity contribution in [1.29, 1.82) is 0 Å². The van der Waals surface area contributed by atoms with Crippen LogP contribution >= 0.6 is 0 Å². The molecule has 0 aliphatic heterocycles. The van der Waals surface area contributed by atoms with E-state index >= 15 is 0 Å². The van der Waals surface area contributed by atoms with E-state index in [1.54, 1.807) is 0 Å². The lowest BCUT2D eigenvalue weighted by Crippen LogP contribution is -2.22. The molecule has 0 radical (unpaired) electrons. The van der Waals surface area contributed by atoms with E-state index < -0.39 is 17.7 Å². The van der Waals surface area contributed by atoms with Crippen molar-refractivity contribution in [3.8, 4) is 0 Å². The molecule has 1 aromatic heterocycles. The average molecular weight is 282 g/mol. The zero-order chi connectivity index (χ0) is 14.9. The van der Waals surface area contributed by atoms with Crippen LogP contribution in [0.5, 0.6) is 0 Å². The van der Waals surface area contributed by atoms with E-state index in [1.165, 1.54) is 10.7 Å². The van der Waals surface area contributed by atoms with Gasteiger partial charge in [0.05, 0.1) is 6.54 Å². The molecule has 1 N–H and O–H groups in total. The lowest BCUT2D eigenvalue weighted by atomic mass is 9.95. The second-order valence-corrected chi connectivity index (χ2v) is 5.62. The zero-order valence-electron chi connectivity index (χ0n) is 11.5. The maximum Gasteiger partial charge on any atom is 0.156 e. The van der Waals surface area contributed by atoms with Gasteiger partial charge in [0.1, 0.15) is 17.7 Å². The third kappa shape index (κ3) is 2.98. The molecule has 0 fully saturated rings. The van der Waals surface area contributed by atoms with Crippen LogP contribution in [0.15, 0.2) is 18.2 Å². The van der Waals surface area contributed by atoms with Crippen molar-refractivity contribution in [2.75, 3.05) is 0 Å². The van der Waals surface area contributed by atoms with E-state index in [0.717, 1.165) is 12.1 Å². The van der Waals surface area contributed by atoms with Crippen LogP contribution < -0.4 is 0 Å². The van der Waals surface area contributed by atoms with Gasteiger partial charge in [-0.3, -0.25) is 0 Å². The Morgan fingerprint density at radius 3 is 2.60 bits per heavy atom. The zero-order valence-corrected chi connectivity index (χ0v) is 11.5. The molecular formula is C13H16F2N4O. The van der Waals surface area contributed by atoms with Gasteiger partial charge in [-0.2, -0.15) is 0 Å². The molecule has 20 heavy (non-hydrogen) atoms. The fourth-order valence-corrected chi connectivity index (χ4v) is 1.90. The van der Waals surface area contributed by atoms with Crippen LogP contribution in [0.1, 0.15) is 38.3 Å². The van der Waals surface area contributed by atoms with Crippen molar-refractivity contribution in [3.63, 3.8) is 0 Å². The first-order valence-electron chi connectivity index (χ1n) is 6.18. The van der Waals surface area contributed by atoms with E-state index in [-0.39, 0.29) is 17.5 Å². The first-order valence-corrected chi connectivity index (χ1v) is 6.18. The van der Waals surface area contributed by atoms with Crippen molar-refractivity contribution in [2.45, 2.75) is 38.8 Å². The number of hydrogen-bond donors (Lipinski definition) is 1. The van der Waals surface area contributed by atoms with Crippen LogP contribution in [0.3, 0.4) is 0 Å². The summed E-state index contributed by atoms with van der Waals surface area (Å²) in [6, 6.07) is 3.06. The minimum absolute atomic E-state index is 0.00214. The molecule has 0 saturated heterocycles. The Balaban J connectivity index is 2.24. The number of halogens is 2. The summed E-state index contributed by atoms with van der Waals surface area (Å²) in [7, 11) is 0. The highest BCUT2D eigenvalue weighted by atomic mass is 19.1. The normalized spacial score (nSPS) is 13.5. The van der Waals surface area contributed by atoms with E-state index in [2.05, 4.69) is 15.5 Å². The molecule has 0 aliphatic carbocycles. The highest BCUT2D eigenvalue weighted by Gasteiger charge is 2.24. The van der Waals surface area contributed by atoms with Crippen molar-refractivity contribution >= 4 is 0 Å². The Morgan fingerprint density at radius 1 is 1.30 bits per heavy atom. The monoisotopic (exact) mass is 282 g/mol. The van der Waals surface area contributed by atoms with Gasteiger partial charge < -0.3 is 5.11 Å². The summed E-state index contributed by atoms with van der Waals surface area (Å²) in [4.78, 5) is 0. The molecule has 2 rings (SSSR count). The van der Waals surface area contributed by atoms with Gasteiger partial charge in [-0.1, -0.05) is 26.8 Å². The number of aliphatic hydroxyl groups excluding tert-OH is 1. The van der Waals surface area contributed by atoms with Gasteiger partial charge in [0, 0.05) is 17.0 Å². The van der Waals surface area contributed by atoms with Crippen molar-refractivity contribution in [3.05, 3.63) is 41.2 Å². The number of rotatable bonds is 3. The minimum atomic E-state index is -1.15. The van der Waals surface area contributed by atoms with Crippen LogP contribution in [0.4, 0.5) is 8.78 Å². The summed E-state index contributed by atoms with van der Waals surface area (Å²) in [5.74, 6) is -0.891. The highest BCUT2D eigenvalue weighted by Crippen LogP contribution is 2.23. The van der Waals surface area contributed by atoms with Gasteiger partial charge in [0.2, 0.25) is 0 Å². The van der Waals surface area contributed by atoms with Crippen LogP contribution in [0.25, 0.3) is 0 Å². The smallest absolute Gasteiger partial charge is 0.156 e. The van der Waals surface area contributed by atoms with E-state index in [4.69, 9.17) is 0 Å². The summed E-state index contributed by atoms with van der Waals surface area (Å²) in [6.07, 6.45) is -1.15. The topological polar surface area (TPSA) is 63.8 Å². The number of benzene rings is 1. The number of nitrogens with zero attached hydrogens (tertiary/aromatic N) is 4. The molecule has 0 spiro atoms. The number of aliphatic hydroxyl groups is 1. The Hall–Kier alpha value is -1.89. The first-order chi connectivity index (χ1) is 9.29. The van der Waals surface area contributed by atoms with Crippen molar-refractivity contribution in [1.82, 2.24) is 20.2 Å². The van der Waals surface area contributed by atoms with Crippen LogP contribution in [0.2, 0.25) is 0 Å². The van der Waals surface area contributed by atoms with E-state index in [0.29, 0.717) is 5.82 Å². The minimum Gasteiger partial charge on any atom is -0.386 e. The fourth-order valence-electron chi connectivity index (χ4n) is 1.90. The third-order valence-corrected chi connectivity index (χ3v) is 2.87. The van der Waals surface area contributed by atoms with Gasteiger partial charge >= 0.3 is 0 Å². The molecule has 0 unspecified atom stereocenters. The largest absolute Gasteiger partial charge is 0.386 e. The fraction of sp³-hybridized carbons (Fsp3) is 0.462. The number of tetrazole rings is 1. The molecule has 2 aromatic rings. The summed E-state index contributed by atoms with van der Waals surface area (Å²) in [6.45, 7) is 5.79. The first kappa shape index (κ1) is 14.5. The van der Waals surface area contributed by atoms with Gasteiger partial charge in [0.25, 0.3) is 0 Å². The molecule has 1 aromatic carbocycles. The standard InChI is InChI=1S/C13H16F2N4O/c1-13(2,3)12-16-17-18-19(12)7-11(20)9-5-4-8(14)6-10(9)15/h4-6,11,20H,7H2,1-3H3/t11-/m1/s1. The van der Waals surface area contributed by atoms with Gasteiger partial charge in [-0.15, -0.1) is 5.10 Å². The molecular weight excluding hydrogens is 266 g/mol. The number of aromatic nitrogens is 4. The van der Waals surface area contributed by atoms with Gasteiger partial charge in [-0.05, 0) is 16.5 Å². The third-order valence-electron chi connectivity index (χ3n) is 2.87. The second-order valence-electron chi connectivity index (χ2n) is 5.62. The molecule has 0 amide bonds. The molecule has 1 heterocycles.